The van der Waals surface area contributed by atoms with Gasteiger partial charge in [-0.3, -0.25) is 4.90 Å². The summed E-state index contributed by atoms with van der Waals surface area (Å²) in [7, 11) is -3.67. The van der Waals surface area contributed by atoms with Gasteiger partial charge >= 0.3 is 0 Å². The number of primary sulfonamides is 1. The molecule has 6 nitrogen and oxygen atoms in total. The first-order chi connectivity index (χ1) is 12.8. The lowest BCUT2D eigenvalue weighted by Crippen LogP contribution is -2.47. The molecule has 0 atom stereocenters. The fourth-order valence-electron chi connectivity index (χ4n) is 3.15. The topological polar surface area (TPSA) is 75.9 Å². The van der Waals surface area contributed by atoms with Crippen LogP contribution < -0.4 is 14.8 Å². The molecule has 0 saturated carbocycles. The van der Waals surface area contributed by atoms with Crippen molar-refractivity contribution in [3.05, 3.63) is 53.1 Å². The van der Waals surface area contributed by atoms with Gasteiger partial charge in [0.05, 0.1) is 4.90 Å². The number of anilines is 1. The van der Waals surface area contributed by atoms with E-state index >= 15 is 0 Å². The minimum atomic E-state index is -3.67. The van der Waals surface area contributed by atoms with Crippen molar-refractivity contribution < 1.29 is 13.2 Å². The second kappa shape index (κ2) is 8.48. The Labute approximate surface area is 165 Å². The number of sulfonamides is 1. The minimum absolute atomic E-state index is 0.0854. The van der Waals surface area contributed by atoms with Crippen LogP contribution in [0.2, 0.25) is 5.02 Å². The maximum Gasteiger partial charge on any atom is 0.238 e. The van der Waals surface area contributed by atoms with E-state index in [1.807, 2.05) is 12.1 Å². The van der Waals surface area contributed by atoms with Crippen molar-refractivity contribution in [1.29, 1.82) is 0 Å². The van der Waals surface area contributed by atoms with Crippen LogP contribution in [0.15, 0.2) is 47.4 Å². The minimum Gasteiger partial charge on any atom is -0.492 e. The molecule has 2 aromatic rings. The molecule has 0 aliphatic carbocycles. The Morgan fingerprint density at radius 3 is 2.37 bits per heavy atom. The van der Waals surface area contributed by atoms with E-state index in [1.165, 1.54) is 23.4 Å². The number of piperazine rings is 1. The first-order valence-electron chi connectivity index (χ1n) is 8.82. The number of rotatable bonds is 6. The number of hydrogen-bond acceptors (Lipinski definition) is 5. The van der Waals surface area contributed by atoms with Crippen molar-refractivity contribution in [3.63, 3.8) is 0 Å². The molecular formula is C19H24ClN3O3S. The zero-order valence-corrected chi connectivity index (χ0v) is 16.8. The van der Waals surface area contributed by atoms with Crippen LogP contribution in [-0.2, 0) is 10.0 Å². The molecule has 0 radical (unpaired) electrons. The van der Waals surface area contributed by atoms with Gasteiger partial charge in [-0.15, -0.1) is 0 Å². The maximum atomic E-state index is 11.3. The smallest absolute Gasteiger partial charge is 0.238 e. The lowest BCUT2D eigenvalue weighted by molar-refractivity contribution is 0.200. The van der Waals surface area contributed by atoms with Crippen LogP contribution in [0, 0.1) is 6.92 Å². The van der Waals surface area contributed by atoms with Gasteiger partial charge in [0.25, 0.3) is 0 Å². The van der Waals surface area contributed by atoms with Gasteiger partial charge in [0, 0.05) is 43.4 Å². The van der Waals surface area contributed by atoms with Gasteiger partial charge < -0.3 is 9.64 Å². The van der Waals surface area contributed by atoms with Gasteiger partial charge in [-0.2, -0.15) is 0 Å². The van der Waals surface area contributed by atoms with Crippen LogP contribution in [0.5, 0.6) is 5.75 Å². The summed E-state index contributed by atoms with van der Waals surface area (Å²) in [6.45, 7) is 7.28. The first-order valence-corrected chi connectivity index (χ1v) is 10.7. The highest BCUT2D eigenvalue weighted by Crippen LogP contribution is 2.25. The fourth-order valence-corrected chi connectivity index (χ4v) is 3.84. The van der Waals surface area contributed by atoms with Crippen LogP contribution in [-0.4, -0.2) is 52.6 Å². The third kappa shape index (κ3) is 5.35. The Balaban J connectivity index is 1.45. The van der Waals surface area contributed by atoms with Crippen molar-refractivity contribution in [1.82, 2.24) is 4.90 Å². The Bertz CT molecular complexity index is 880. The molecule has 0 spiro atoms. The fraction of sp³-hybridized carbons (Fsp3) is 0.368. The Kier molecular flexibility index (Phi) is 6.26. The lowest BCUT2D eigenvalue weighted by Gasteiger charge is -2.36. The summed E-state index contributed by atoms with van der Waals surface area (Å²) in [6, 6.07) is 12.2. The summed E-state index contributed by atoms with van der Waals surface area (Å²) in [6.07, 6.45) is 0. The summed E-state index contributed by atoms with van der Waals surface area (Å²) in [5, 5.41) is 5.85. The Hall–Kier alpha value is -1.80. The largest absolute Gasteiger partial charge is 0.492 e. The standard InChI is InChI=1S/C19H24ClN3O3S/c1-15-2-3-16(20)14-19(15)23-10-8-22(9-11-23)12-13-26-17-4-6-18(7-5-17)27(21,24)25/h2-7,14H,8-13H2,1H3,(H2,21,24,25). The number of aryl methyl sites for hydroxylation is 1. The summed E-state index contributed by atoms with van der Waals surface area (Å²) in [4.78, 5) is 4.81. The van der Waals surface area contributed by atoms with E-state index in [4.69, 9.17) is 21.5 Å². The molecule has 1 fully saturated rings. The van der Waals surface area contributed by atoms with Crippen molar-refractivity contribution in [3.8, 4) is 5.75 Å². The predicted molar refractivity (Wildman–Crippen MR) is 108 cm³/mol. The highest BCUT2D eigenvalue weighted by molar-refractivity contribution is 7.89. The van der Waals surface area contributed by atoms with Crippen LogP contribution in [0.1, 0.15) is 5.56 Å². The highest BCUT2D eigenvalue weighted by Gasteiger charge is 2.18. The van der Waals surface area contributed by atoms with Crippen LogP contribution >= 0.6 is 11.6 Å². The van der Waals surface area contributed by atoms with E-state index in [1.54, 1.807) is 12.1 Å². The molecule has 146 valence electrons. The molecule has 0 unspecified atom stereocenters. The molecule has 8 heteroatoms. The molecule has 0 aromatic heterocycles. The third-order valence-electron chi connectivity index (χ3n) is 4.71. The number of ether oxygens (including phenoxy) is 1. The van der Waals surface area contributed by atoms with E-state index < -0.39 is 10.0 Å². The van der Waals surface area contributed by atoms with Crippen molar-refractivity contribution in [2.24, 2.45) is 5.14 Å². The third-order valence-corrected chi connectivity index (χ3v) is 5.88. The normalized spacial score (nSPS) is 15.7. The summed E-state index contributed by atoms with van der Waals surface area (Å²) in [5.41, 5.74) is 2.44. The van der Waals surface area contributed by atoms with E-state index in [9.17, 15) is 8.42 Å². The molecule has 0 bridgehead atoms. The molecule has 1 aliphatic rings. The highest BCUT2D eigenvalue weighted by atomic mass is 35.5. The molecule has 1 aliphatic heterocycles. The zero-order valence-electron chi connectivity index (χ0n) is 15.3. The van der Waals surface area contributed by atoms with E-state index in [0.717, 1.165) is 37.7 Å². The predicted octanol–water partition coefficient (Wildman–Crippen LogP) is 2.50. The second-order valence-corrected chi connectivity index (χ2v) is 8.62. The SMILES string of the molecule is Cc1ccc(Cl)cc1N1CCN(CCOc2ccc(S(N)(=O)=O)cc2)CC1. The maximum absolute atomic E-state index is 11.3. The van der Waals surface area contributed by atoms with Crippen molar-refractivity contribution in [2.45, 2.75) is 11.8 Å². The van der Waals surface area contributed by atoms with Gasteiger partial charge in [0.15, 0.2) is 0 Å². The summed E-state index contributed by atoms with van der Waals surface area (Å²) < 4.78 is 28.2. The van der Waals surface area contributed by atoms with Crippen molar-refractivity contribution >= 4 is 27.3 Å². The van der Waals surface area contributed by atoms with Gasteiger partial charge in [-0.25, -0.2) is 13.6 Å². The quantitative estimate of drug-likeness (QED) is 0.793. The average Bonchev–Trinajstić information content (AvgIpc) is 2.64. The molecule has 27 heavy (non-hydrogen) atoms. The number of hydrogen-bond donors (Lipinski definition) is 1. The molecule has 2 N–H and O–H groups in total. The van der Waals surface area contributed by atoms with Crippen LogP contribution in [0.3, 0.4) is 0 Å². The number of nitrogens with zero attached hydrogens (tertiary/aromatic N) is 2. The number of benzene rings is 2. The van der Waals surface area contributed by atoms with Crippen molar-refractivity contribution in [2.75, 3.05) is 44.2 Å². The van der Waals surface area contributed by atoms with Gasteiger partial charge in [0.2, 0.25) is 10.0 Å². The Morgan fingerprint density at radius 1 is 1.07 bits per heavy atom. The second-order valence-electron chi connectivity index (χ2n) is 6.62. The average molecular weight is 410 g/mol. The summed E-state index contributed by atoms with van der Waals surface area (Å²) >= 11 is 6.13. The molecule has 2 aromatic carbocycles. The summed E-state index contributed by atoms with van der Waals surface area (Å²) in [5.74, 6) is 0.635. The molecule has 1 saturated heterocycles. The monoisotopic (exact) mass is 409 g/mol. The Morgan fingerprint density at radius 2 is 1.74 bits per heavy atom. The molecule has 3 rings (SSSR count). The number of nitrogens with two attached hydrogens (primary N) is 1. The molecule has 1 heterocycles. The van der Waals surface area contributed by atoms with E-state index in [2.05, 4.69) is 22.8 Å². The van der Waals surface area contributed by atoms with E-state index in [0.29, 0.717) is 12.4 Å². The molecule has 0 amide bonds. The van der Waals surface area contributed by atoms with Gasteiger partial charge in [0.1, 0.15) is 12.4 Å². The zero-order chi connectivity index (χ0) is 19.4. The van der Waals surface area contributed by atoms with E-state index in [-0.39, 0.29) is 4.90 Å². The molecular weight excluding hydrogens is 386 g/mol. The van der Waals surface area contributed by atoms with Crippen LogP contribution in [0.4, 0.5) is 5.69 Å². The van der Waals surface area contributed by atoms with Gasteiger partial charge in [-0.05, 0) is 48.9 Å². The lowest BCUT2D eigenvalue weighted by atomic mass is 10.1. The first kappa shape index (κ1) is 19.9. The van der Waals surface area contributed by atoms with Crippen LogP contribution in [0.25, 0.3) is 0 Å². The number of halogens is 1. The van der Waals surface area contributed by atoms with Gasteiger partial charge in [-0.1, -0.05) is 17.7 Å².